The van der Waals surface area contributed by atoms with Gasteiger partial charge >= 0.3 is 6.18 Å². The second-order valence-corrected chi connectivity index (χ2v) is 11.0. The number of methoxy groups -OCH3 is 2. The van der Waals surface area contributed by atoms with Crippen molar-refractivity contribution in [1.82, 2.24) is 10.2 Å². The van der Waals surface area contributed by atoms with Gasteiger partial charge in [-0.25, -0.2) is 0 Å². The van der Waals surface area contributed by atoms with E-state index in [1.807, 2.05) is 0 Å². The lowest BCUT2D eigenvalue weighted by atomic mass is 9.77. The van der Waals surface area contributed by atoms with Crippen LogP contribution in [0.5, 0.6) is 17.2 Å². The minimum atomic E-state index is -4.61. The first kappa shape index (κ1) is 33.5. The number of aliphatic hydroxyl groups is 2. The predicted octanol–water partition coefficient (Wildman–Crippen LogP) is 3.54. The Bertz CT molecular complexity index is 1670. The van der Waals surface area contributed by atoms with Crippen LogP contribution in [0, 0.1) is 0 Å². The number of para-hydroxylation sites is 1. The molecule has 3 aromatic carbocycles. The topological polar surface area (TPSA) is 135 Å². The fourth-order valence-electron chi connectivity index (χ4n) is 6.06. The first-order valence-corrected chi connectivity index (χ1v) is 14.7. The van der Waals surface area contributed by atoms with Crippen molar-refractivity contribution in [3.05, 3.63) is 100 Å². The van der Waals surface area contributed by atoms with E-state index in [9.17, 15) is 37.8 Å². The summed E-state index contributed by atoms with van der Waals surface area (Å²) in [6.45, 7) is -0.478. The Kier molecular flexibility index (Phi) is 9.87. The molecule has 0 fully saturated rings. The molecule has 10 nitrogen and oxygen atoms in total. The van der Waals surface area contributed by atoms with E-state index in [4.69, 9.17) is 14.2 Å². The molecule has 3 N–H and O–H groups in total. The lowest BCUT2D eigenvalue weighted by molar-refractivity contribution is -0.137. The monoisotopic (exact) mass is 654 g/mol. The summed E-state index contributed by atoms with van der Waals surface area (Å²) in [6, 6.07) is 12.6. The van der Waals surface area contributed by atoms with Crippen LogP contribution in [0.25, 0.3) is 0 Å². The van der Waals surface area contributed by atoms with Crippen LogP contribution in [0.4, 0.5) is 13.2 Å². The third-order valence-corrected chi connectivity index (χ3v) is 8.31. The SMILES string of the molecule is COc1ccccc1CCN(C(=O)c1ccc(C(F)(F)F)cc1)[C@@H]1C=C(C(=O)NCCO)[C@@H]2c3cc(C=O)cc(OC)c3O[C@@H]2[C@H]1O. The molecule has 1 aliphatic carbocycles. The smallest absolute Gasteiger partial charge is 0.416 e. The van der Waals surface area contributed by atoms with Gasteiger partial charge in [-0.3, -0.25) is 14.4 Å². The summed E-state index contributed by atoms with van der Waals surface area (Å²) in [5.74, 6) is -1.23. The molecule has 2 aliphatic rings. The maximum Gasteiger partial charge on any atom is 0.416 e. The summed E-state index contributed by atoms with van der Waals surface area (Å²) < 4.78 is 57.0. The summed E-state index contributed by atoms with van der Waals surface area (Å²) in [5, 5.41) is 23.9. The van der Waals surface area contributed by atoms with Crippen LogP contribution in [0.3, 0.4) is 0 Å². The van der Waals surface area contributed by atoms with Crippen LogP contribution in [-0.4, -0.2) is 85.4 Å². The molecular weight excluding hydrogens is 621 g/mol. The van der Waals surface area contributed by atoms with Gasteiger partial charge in [-0.1, -0.05) is 18.2 Å². The van der Waals surface area contributed by atoms with Crippen molar-refractivity contribution >= 4 is 18.1 Å². The van der Waals surface area contributed by atoms with E-state index in [0.717, 1.165) is 29.8 Å². The van der Waals surface area contributed by atoms with Crippen LogP contribution in [0.1, 0.15) is 43.3 Å². The summed E-state index contributed by atoms with van der Waals surface area (Å²) in [7, 11) is 2.87. The molecule has 13 heteroatoms. The number of ether oxygens (including phenoxy) is 3. The molecular formula is C34H33F3N2O8. The number of carbonyl (C=O) groups is 3. The van der Waals surface area contributed by atoms with Gasteiger partial charge in [0, 0.05) is 35.4 Å². The van der Waals surface area contributed by atoms with E-state index < -0.39 is 47.7 Å². The molecule has 0 spiro atoms. The normalized spacial score (nSPS) is 19.9. The highest BCUT2D eigenvalue weighted by molar-refractivity contribution is 5.98. The van der Waals surface area contributed by atoms with Crippen LogP contribution in [0.15, 0.2) is 72.3 Å². The molecule has 1 aliphatic heterocycles. The number of nitrogens with one attached hydrogen (secondary N) is 1. The fourth-order valence-corrected chi connectivity index (χ4v) is 6.06. The van der Waals surface area contributed by atoms with Crippen LogP contribution in [0.2, 0.25) is 0 Å². The molecule has 0 bridgehead atoms. The zero-order valence-electron chi connectivity index (χ0n) is 25.5. The molecule has 0 saturated heterocycles. The van der Waals surface area contributed by atoms with Crippen LogP contribution >= 0.6 is 0 Å². The van der Waals surface area contributed by atoms with Crippen molar-refractivity contribution in [2.45, 2.75) is 36.8 Å². The van der Waals surface area contributed by atoms with Crippen LogP contribution in [-0.2, 0) is 17.4 Å². The van der Waals surface area contributed by atoms with Crippen molar-refractivity contribution < 1.29 is 52.0 Å². The van der Waals surface area contributed by atoms with Gasteiger partial charge in [-0.05, 0) is 60.5 Å². The number of amides is 2. The summed E-state index contributed by atoms with van der Waals surface area (Å²) in [6.07, 6.45) is -4.91. The molecule has 0 unspecified atom stereocenters. The summed E-state index contributed by atoms with van der Waals surface area (Å²) in [5.41, 5.74) is 0.481. The first-order chi connectivity index (χ1) is 22.5. The molecule has 1 heterocycles. The Labute approximate surface area is 268 Å². The fraction of sp³-hybridized carbons (Fsp3) is 0.324. The van der Waals surface area contributed by atoms with Gasteiger partial charge in [0.05, 0.1) is 38.3 Å². The Morgan fingerprint density at radius 3 is 2.38 bits per heavy atom. The molecule has 248 valence electrons. The zero-order valence-corrected chi connectivity index (χ0v) is 25.5. The van der Waals surface area contributed by atoms with Crippen LogP contribution < -0.4 is 19.5 Å². The minimum Gasteiger partial charge on any atom is -0.496 e. The van der Waals surface area contributed by atoms with Crippen molar-refractivity contribution in [3.63, 3.8) is 0 Å². The number of aliphatic hydroxyl groups excluding tert-OH is 2. The molecule has 0 radical (unpaired) electrons. The Morgan fingerprint density at radius 1 is 1.04 bits per heavy atom. The molecule has 5 rings (SSSR count). The van der Waals surface area contributed by atoms with E-state index in [0.29, 0.717) is 17.6 Å². The van der Waals surface area contributed by atoms with Gasteiger partial charge < -0.3 is 34.6 Å². The number of aldehydes is 1. The number of nitrogens with zero attached hydrogens (tertiary/aromatic N) is 1. The number of alkyl halides is 3. The molecule has 2 amide bonds. The van der Waals surface area contributed by atoms with E-state index in [1.54, 1.807) is 24.3 Å². The van der Waals surface area contributed by atoms with Gasteiger partial charge in [0.2, 0.25) is 5.91 Å². The van der Waals surface area contributed by atoms with E-state index in [-0.39, 0.29) is 54.3 Å². The molecule has 47 heavy (non-hydrogen) atoms. The van der Waals surface area contributed by atoms with Crippen molar-refractivity contribution in [1.29, 1.82) is 0 Å². The third-order valence-electron chi connectivity index (χ3n) is 8.31. The number of halogens is 3. The number of rotatable bonds is 11. The second-order valence-electron chi connectivity index (χ2n) is 11.0. The van der Waals surface area contributed by atoms with Gasteiger partial charge in [0.1, 0.15) is 24.2 Å². The molecule has 0 saturated carbocycles. The zero-order chi connectivity index (χ0) is 33.9. The standard InChI is InChI=1S/C34H33F3N2O8/c1-45-26-6-4-3-5-20(26)11-13-39(33(44)21-7-9-22(10-8-21)34(35,36)37)25-17-24(32(43)38-12-14-40)28-23-15-19(18-41)16-27(46-2)30(23)47-31(28)29(25)42/h3-10,15-18,25,28-29,31,40,42H,11-14H2,1-2H3,(H,38,43)/t25-,28+,29+,31+/m1/s1. The average molecular weight is 655 g/mol. The third kappa shape index (κ3) is 6.67. The van der Waals surface area contributed by atoms with Gasteiger partial charge in [0.25, 0.3) is 5.91 Å². The van der Waals surface area contributed by atoms with E-state index >= 15 is 0 Å². The quantitative estimate of drug-likeness (QED) is 0.268. The van der Waals surface area contributed by atoms with Gasteiger partial charge in [-0.15, -0.1) is 0 Å². The second kappa shape index (κ2) is 13.9. The van der Waals surface area contributed by atoms with E-state index in [2.05, 4.69) is 5.32 Å². The Hall–Kier alpha value is -4.88. The largest absolute Gasteiger partial charge is 0.496 e. The summed E-state index contributed by atoms with van der Waals surface area (Å²) >= 11 is 0. The maximum absolute atomic E-state index is 14.1. The highest BCUT2D eigenvalue weighted by Gasteiger charge is 2.51. The van der Waals surface area contributed by atoms with E-state index in [1.165, 1.54) is 37.3 Å². The Balaban J connectivity index is 1.61. The molecule has 0 aromatic heterocycles. The number of carbonyl (C=O) groups excluding carboxylic acids is 3. The number of benzene rings is 3. The number of hydrogen-bond acceptors (Lipinski definition) is 8. The molecule has 4 atom stereocenters. The molecule has 3 aromatic rings. The van der Waals surface area contributed by atoms with Crippen molar-refractivity contribution in [3.8, 4) is 17.2 Å². The minimum absolute atomic E-state index is 0.0348. The predicted molar refractivity (Wildman–Crippen MR) is 163 cm³/mol. The average Bonchev–Trinajstić information content (AvgIpc) is 3.47. The van der Waals surface area contributed by atoms with Crippen molar-refractivity contribution in [2.24, 2.45) is 0 Å². The Morgan fingerprint density at radius 2 is 1.74 bits per heavy atom. The van der Waals surface area contributed by atoms with Crippen molar-refractivity contribution in [2.75, 3.05) is 33.9 Å². The highest BCUT2D eigenvalue weighted by Crippen LogP contribution is 2.51. The summed E-state index contributed by atoms with van der Waals surface area (Å²) in [4.78, 5) is 40.7. The first-order valence-electron chi connectivity index (χ1n) is 14.7. The highest BCUT2D eigenvalue weighted by atomic mass is 19.4. The van der Waals surface area contributed by atoms with Gasteiger partial charge in [0.15, 0.2) is 11.5 Å². The lowest BCUT2D eigenvalue weighted by Crippen LogP contribution is -2.56. The maximum atomic E-state index is 14.1. The lowest BCUT2D eigenvalue weighted by Gasteiger charge is -2.41. The number of fused-ring (bicyclic) bond motifs is 3. The van der Waals surface area contributed by atoms with Gasteiger partial charge in [-0.2, -0.15) is 13.2 Å². The number of hydrogen-bond donors (Lipinski definition) is 3.